The fraction of sp³-hybridized carbons (Fsp3) is 0.200. The van der Waals surface area contributed by atoms with Gasteiger partial charge in [0.2, 0.25) is 0 Å². The third-order valence-corrected chi connectivity index (χ3v) is 2.23. The lowest BCUT2D eigenvalue weighted by atomic mass is 10.2. The molecule has 0 saturated carbocycles. The number of hydrogen-bond donors (Lipinski definition) is 1. The summed E-state index contributed by atoms with van der Waals surface area (Å²) >= 11 is 0. The van der Waals surface area contributed by atoms with Gasteiger partial charge in [0, 0.05) is 32.1 Å². The Morgan fingerprint density at radius 3 is 2.67 bits per heavy atom. The smallest absolute Gasteiger partial charge is 0.356 e. The number of carboxylic acid groups (broad SMARTS) is 1. The normalized spacial score (nSPS) is 10.5. The van der Waals surface area contributed by atoms with E-state index in [-0.39, 0.29) is 5.69 Å². The van der Waals surface area contributed by atoms with Crippen molar-refractivity contribution in [2.75, 3.05) is 0 Å². The molecule has 0 spiro atoms. The van der Waals surface area contributed by atoms with Gasteiger partial charge in [-0.3, -0.25) is 4.68 Å². The standard InChI is InChI=1S/C10H11N3O2/c1-12-4-3-7(6-12)9-5-8(10(14)15)11-13(9)2/h3-6H,1-2H3,(H,14,15). The number of aromatic nitrogens is 3. The second-order valence-corrected chi connectivity index (χ2v) is 3.41. The van der Waals surface area contributed by atoms with Crippen LogP contribution in [0.4, 0.5) is 0 Å². The number of rotatable bonds is 2. The molecule has 78 valence electrons. The lowest BCUT2D eigenvalue weighted by Gasteiger charge is -1.96. The Morgan fingerprint density at radius 2 is 2.20 bits per heavy atom. The van der Waals surface area contributed by atoms with Crippen LogP contribution in [-0.2, 0) is 14.1 Å². The van der Waals surface area contributed by atoms with Gasteiger partial charge in [-0.15, -0.1) is 0 Å². The summed E-state index contributed by atoms with van der Waals surface area (Å²) in [6.45, 7) is 0. The Labute approximate surface area is 86.6 Å². The molecule has 5 nitrogen and oxygen atoms in total. The quantitative estimate of drug-likeness (QED) is 0.799. The van der Waals surface area contributed by atoms with Gasteiger partial charge in [0.25, 0.3) is 0 Å². The molecule has 0 aliphatic carbocycles. The fourth-order valence-electron chi connectivity index (χ4n) is 1.50. The Hall–Kier alpha value is -2.04. The molecule has 0 atom stereocenters. The Morgan fingerprint density at radius 1 is 1.47 bits per heavy atom. The van der Waals surface area contributed by atoms with E-state index in [0.29, 0.717) is 0 Å². The molecule has 15 heavy (non-hydrogen) atoms. The minimum atomic E-state index is -1.01. The van der Waals surface area contributed by atoms with Crippen LogP contribution in [-0.4, -0.2) is 25.4 Å². The Bertz CT molecular complexity index is 510. The highest BCUT2D eigenvalue weighted by atomic mass is 16.4. The van der Waals surface area contributed by atoms with Crippen LogP contribution < -0.4 is 0 Å². The molecule has 0 aromatic carbocycles. The van der Waals surface area contributed by atoms with E-state index >= 15 is 0 Å². The van der Waals surface area contributed by atoms with Crippen molar-refractivity contribution in [1.82, 2.24) is 14.3 Å². The largest absolute Gasteiger partial charge is 0.476 e. The molecule has 5 heteroatoms. The Kier molecular flexibility index (Phi) is 2.07. The molecule has 2 aromatic rings. The first-order valence-electron chi connectivity index (χ1n) is 4.47. The maximum atomic E-state index is 10.7. The van der Waals surface area contributed by atoms with Gasteiger partial charge in [-0.05, 0) is 12.1 Å². The molecule has 2 heterocycles. The van der Waals surface area contributed by atoms with Crippen LogP contribution in [0.15, 0.2) is 24.5 Å². The van der Waals surface area contributed by atoms with E-state index in [9.17, 15) is 4.79 Å². The van der Waals surface area contributed by atoms with Crippen LogP contribution in [0.3, 0.4) is 0 Å². The predicted molar refractivity (Wildman–Crippen MR) is 54.6 cm³/mol. The van der Waals surface area contributed by atoms with Gasteiger partial charge in [-0.2, -0.15) is 5.10 Å². The molecule has 2 rings (SSSR count). The molecule has 0 radical (unpaired) electrons. The lowest BCUT2D eigenvalue weighted by molar-refractivity contribution is 0.0689. The van der Waals surface area contributed by atoms with E-state index in [1.54, 1.807) is 17.8 Å². The van der Waals surface area contributed by atoms with E-state index in [0.717, 1.165) is 11.3 Å². The van der Waals surface area contributed by atoms with Crippen molar-refractivity contribution >= 4 is 5.97 Å². The summed E-state index contributed by atoms with van der Waals surface area (Å²) in [5.41, 5.74) is 1.82. The molecule has 2 aromatic heterocycles. The number of aromatic carboxylic acids is 1. The minimum absolute atomic E-state index is 0.0661. The highest BCUT2D eigenvalue weighted by Crippen LogP contribution is 2.19. The molecule has 0 unspecified atom stereocenters. The topological polar surface area (TPSA) is 60.1 Å². The molecule has 0 aliphatic heterocycles. The highest BCUT2D eigenvalue weighted by Gasteiger charge is 2.12. The van der Waals surface area contributed by atoms with E-state index in [2.05, 4.69) is 5.10 Å². The Balaban J connectivity index is 2.49. The number of nitrogens with zero attached hydrogens (tertiary/aromatic N) is 3. The summed E-state index contributed by atoms with van der Waals surface area (Å²) in [7, 11) is 3.65. The summed E-state index contributed by atoms with van der Waals surface area (Å²) in [6, 6.07) is 3.49. The van der Waals surface area contributed by atoms with Gasteiger partial charge in [0.1, 0.15) is 0 Å². The summed E-state index contributed by atoms with van der Waals surface area (Å²) < 4.78 is 3.47. The van der Waals surface area contributed by atoms with Crippen molar-refractivity contribution in [2.45, 2.75) is 0 Å². The van der Waals surface area contributed by atoms with Crippen molar-refractivity contribution in [3.05, 3.63) is 30.2 Å². The molecule has 0 fully saturated rings. The number of carboxylic acids is 1. The summed E-state index contributed by atoms with van der Waals surface area (Å²) in [5, 5.41) is 12.7. The zero-order chi connectivity index (χ0) is 11.0. The maximum Gasteiger partial charge on any atom is 0.356 e. The van der Waals surface area contributed by atoms with Crippen LogP contribution in [0.5, 0.6) is 0 Å². The molecule has 0 saturated heterocycles. The monoisotopic (exact) mass is 205 g/mol. The lowest BCUT2D eigenvalue weighted by Crippen LogP contribution is -1.99. The van der Waals surface area contributed by atoms with E-state index in [1.807, 2.05) is 30.1 Å². The predicted octanol–water partition coefficient (Wildman–Crippen LogP) is 1.12. The van der Waals surface area contributed by atoms with Gasteiger partial charge < -0.3 is 9.67 Å². The SMILES string of the molecule is Cn1ccc(-c2cc(C(=O)O)nn2C)c1. The highest BCUT2D eigenvalue weighted by molar-refractivity contribution is 5.86. The first-order chi connectivity index (χ1) is 7.08. The van der Waals surface area contributed by atoms with E-state index < -0.39 is 5.97 Å². The minimum Gasteiger partial charge on any atom is -0.476 e. The maximum absolute atomic E-state index is 10.7. The van der Waals surface area contributed by atoms with Crippen LogP contribution in [0.2, 0.25) is 0 Å². The number of hydrogen-bond acceptors (Lipinski definition) is 2. The van der Waals surface area contributed by atoms with Crippen molar-refractivity contribution in [1.29, 1.82) is 0 Å². The van der Waals surface area contributed by atoms with Gasteiger partial charge in [-0.1, -0.05) is 0 Å². The molecular formula is C10H11N3O2. The summed E-state index contributed by atoms with van der Waals surface area (Å²) in [4.78, 5) is 10.7. The fourth-order valence-corrected chi connectivity index (χ4v) is 1.50. The third-order valence-electron chi connectivity index (χ3n) is 2.23. The van der Waals surface area contributed by atoms with Crippen LogP contribution >= 0.6 is 0 Å². The van der Waals surface area contributed by atoms with Crippen molar-refractivity contribution in [3.63, 3.8) is 0 Å². The number of aryl methyl sites for hydroxylation is 2. The van der Waals surface area contributed by atoms with E-state index in [1.165, 1.54) is 0 Å². The van der Waals surface area contributed by atoms with Gasteiger partial charge in [-0.25, -0.2) is 4.79 Å². The average molecular weight is 205 g/mol. The average Bonchev–Trinajstić information content (AvgIpc) is 2.71. The van der Waals surface area contributed by atoms with Gasteiger partial charge in [0.05, 0.1) is 5.69 Å². The molecular weight excluding hydrogens is 194 g/mol. The van der Waals surface area contributed by atoms with Crippen LogP contribution in [0.25, 0.3) is 11.3 Å². The van der Waals surface area contributed by atoms with Gasteiger partial charge in [0.15, 0.2) is 5.69 Å². The molecule has 0 amide bonds. The molecule has 0 bridgehead atoms. The van der Waals surface area contributed by atoms with Crippen LogP contribution in [0, 0.1) is 0 Å². The zero-order valence-corrected chi connectivity index (χ0v) is 8.51. The van der Waals surface area contributed by atoms with Crippen LogP contribution in [0.1, 0.15) is 10.5 Å². The second kappa shape index (κ2) is 3.27. The van der Waals surface area contributed by atoms with Crippen molar-refractivity contribution in [3.8, 4) is 11.3 Å². The van der Waals surface area contributed by atoms with Gasteiger partial charge >= 0.3 is 5.97 Å². The summed E-state index contributed by atoms with van der Waals surface area (Å²) in [6.07, 6.45) is 3.82. The molecule has 1 N–H and O–H groups in total. The van der Waals surface area contributed by atoms with Crippen molar-refractivity contribution in [2.24, 2.45) is 14.1 Å². The van der Waals surface area contributed by atoms with Crippen molar-refractivity contribution < 1.29 is 9.90 Å². The first-order valence-corrected chi connectivity index (χ1v) is 4.47. The van der Waals surface area contributed by atoms with E-state index in [4.69, 9.17) is 5.11 Å². The second-order valence-electron chi connectivity index (χ2n) is 3.41. The molecule has 0 aliphatic rings. The zero-order valence-electron chi connectivity index (χ0n) is 8.51. The number of carbonyl (C=O) groups is 1. The summed E-state index contributed by atoms with van der Waals surface area (Å²) in [5.74, 6) is -1.01. The first kappa shape index (κ1) is 9.51. The third kappa shape index (κ3) is 1.63.